The number of benzene rings is 2. The van der Waals surface area contributed by atoms with E-state index < -0.39 is 0 Å². The Bertz CT molecular complexity index is 956. The second kappa shape index (κ2) is 7.78. The van der Waals surface area contributed by atoms with Crippen LogP contribution in [0.4, 0.5) is 5.69 Å². The molecule has 2 aliphatic heterocycles. The molecule has 4 rings (SSSR count). The number of rotatable bonds is 4. The normalized spacial score (nSPS) is 17.6. The van der Waals surface area contributed by atoms with Crippen LogP contribution in [0, 0.1) is 0 Å². The van der Waals surface area contributed by atoms with Gasteiger partial charge in [-0.25, -0.2) is 0 Å². The van der Waals surface area contributed by atoms with Crippen LogP contribution in [0.3, 0.4) is 0 Å². The third kappa shape index (κ3) is 3.55. The summed E-state index contributed by atoms with van der Waals surface area (Å²) in [6.45, 7) is 3.11. The Morgan fingerprint density at radius 3 is 2.41 bits per heavy atom. The minimum Gasteiger partial charge on any atom is -0.493 e. The number of hydrogen-bond acceptors (Lipinski definition) is 4. The van der Waals surface area contributed by atoms with Crippen LogP contribution in [0.2, 0.25) is 0 Å². The molecule has 0 N–H and O–H groups in total. The molecule has 6 heteroatoms. The van der Waals surface area contributed by atoms with E-state index in [2.05, 4.69) is 0 Å². The highest BCUT2D eigenvalue weighted by molar-refractivity contribution is 6.06. The van der Waals surface area contributed by atoms with Crippen molar-refractivity contribution in [1.29, 1.82) is 0 Å². The number of amides is 2. The smallest absolute Gasteiger partial charge is 0.236 e. The van der Waals surface area contributed by atoms with Gasteiger partial charge in [0.15, 0.2) is 11.5 Å². The summed E-state index contributed by atoms with van der Waals surface area (Å²) in [5.74, 6) is 1.08. The number of carbonyl (C=O) groups excluding carboxylic acids is 2. The maximum Gasteiger partial charge on any atom is 0.236 e. The molecule has 152 valence electrons. The molecule has 0 bridgehead atoms. The summed E-state index contributed by atoms with van der Waals surface area (Å²) in [6, 6.07) is 11.9. The molecule has 2 aromatic rings. The molecule has 0 aromatic heterocycles. The fourth-order valence-corrected chi connectivity index (χ4v) is 4.37. The quantitative estimate of drug-likeness (QED) is 0.748. The lowest BCUT2D eigenvalue weighted by Gasteiger charge is -2.30. The standard InChI is InChI=1S/C23H26N2O4/c1-15-10-17-6-4-5-7-19(17)25(15)23(27)13-22(26)24-9-8-16-11-20(28-2)21(29-3)12-18(16)14-24/h4-7,11-12,15H,8-10,13-14H2,1-3H3. The van der Waals surface area contributed by atoms with Gasteiger partial charge in [-0.3, -0.25) is 9.59 Å². The average molecular weight is 394 g/mol. The molecule has 2 aromatic carbocycles. The minimum absolute atomic E-state index is 0.0755. The van der Waals surface area contributed by atoms with E-state index in [1.54, 1.807) is 24.0 Å². The summed E-state index contributed by atoms with van der Waals surface area (Å²) in [4.78, 5) is 29.4. The molecule has 0 fully saturated rings. The fourth-order valence-electron chi connectivity index (χ4n) is 4.37. The van der Waals surface area contributed by atoms with Gasteiger partial charge in [-0.15, -0.1) is 0 Å². The first-order valence-electron chi connectivity index (χ1n) is 9.93. The average Bonchev–Trinajstić information content (AvgIpc) is 3.07. The molecule has 29 heavy (non-hydrogen) atoms. The lowest BCUT2D eigenvalue weighted by Crippen LogP contribution is -2.42. The maximum atomic E-state index is 12.9. The first-order chi connectivity index (χ1) is 14.0. The van der Waals surface area contributed by atoms with Crippen LogP contribution < -0.4 is 14.4 Å². The first-order valence-corrected chi connectivity index (χ1v) is 9.93. The molecular weight excluding hydrogens is 368 g/mol. The molecule has 2 heterocycles. The summed E-state index contributed by atoms with van der Waals surface area (Å²) in [6.07, 6.45) is 1.45. The Balaban J connectivity index is 1.47. The molecule has 1 atom stereocenters. The predicted molar refractivity (Wildman–Crippen MR) is 110 cm³/mol. The Labute approximate surface area is 171 Å². The number of methoxy groups -OCH3 is 2. The minimum atomic E-state index is -0.134. The predicted octanol–water partition coefficient (Wildman–Crippen LogP) is 2.96. The van der Waals surface area contributed by atoms with Gasteiger partial charge in [0.05, 0.1) is 14.2 Å². The zero-order chi connectivity index (χ0) is 20.5. The molecule has 0 saturated heterocycles. The van der Waals surface area contributed by atoms with Crippen molar-refractivity contribution >= 4 is 17.5 Å². The second-order valence-electron chi connectivity index (χ2n) is 7.66. The summed E-state index contributed by atoms with van der Waals surface area (Å²) in [5, 5.41) is 0. The van der Waals surface area contributed by atoms with E-state index in [0.717, 1.165) is 35.2 Å². The Morgan fingerprint density at radius 1 is 1.00 bits per heavy atom. The molecular formula is C23H26N2O4. The largest absolute Gasteiger partial charge is 0.493 e. The summed E-state index contributed by atoms with van der Waals surface area (Å²) in [5.41, 5.74) is 4.28. The molecule has 2 amide bonds. The van der Waals surface area contributed by atoms with Crippen molar-refractivity contribution in [3.63, 3.8) is 0 Å². The Morgan fingerprint density at radius 2 is 1.69 bits per heavy atom. The molecule has 0 aliphatic carbocycles. The molecule has 0 spiro atoms. The molecule has 0 radical (unpaired) electrons. The lowest BCUT2D eigenvalue weighted by molar-refractivity contribution is -0.136. The summed E-state index contributed by atoms with van der Waals surface area (Å²) < 4.78 is 10.8. The van der Waals surface area contributed by atoms with E-state index in [1.807, 2.05) is 43.3 Å². The van der Waals surface area contributed by atoms with Gasteiger partial charge in [-0.05, 0) is 54.7 Å². The van der Waals surface area contributed by atoms with Gasteiger partial charge in [0.1, 0.15) is 6.42 Å². The van der Waals surface area contributed by atoms with Crippen molar-refractivity contribution in [3.05, 3.63) is 53.1 Å². The molecule has 1 unspecified atom stereocenters. The van der Waals surface area contributed by atoms with Gasteiger partial charge < -0.3 is 19.3 Å². The lowest BCUT2D eigenvalue weighted by atomic mass is 9.98. The van der Waals surface area contributed by atoms with Crippen molar-refractivity contribution in [2.75, 3.05) is 25.7 Å². The zero-order valence-electron chi connectivity index (χ0n) is 17.1. The van der Waals surface area contributed by atoms with Crippen LogP contribution in [-0.2, 0) is 29.0 Å². The zero-order valence-corrected chi connectivity index (χ0v) is 17.1. The van der Waals surface area contributed by atoms with Crippen LogP contribution in [0.1, 0.15) is 30.0 Å². The first kappa shape index (κ1) is 19.3. The highest BCUT2D eigenvalue weighted by Gasteiger charge is 2.33. The molecule has 2 aliphatic rings. The molecule has 0 saturated carbocycles. The highest BCUT2D eigenvalue weighted by Crippen LogP contribution is 2.34. The number of para-hydroxylation sites is 1. The second-order valence-corrected chi connectivity index (χ2v) is 7.66. The van der Waals surface area contributed by atoms with Crippen molar-refractivity contribution < 1.29 is 19.1 Å². The van der Waals surface area contributed by atoms with Crippen LogP contribution in [0.5, 0.6) is 11.5 Å². The van der Waals surface area contributed by atoms with Gasteiger partial charge in [-0.2, -0.15) is 0 Å². The van der Waals surface area contributed by atoms with E-state index >= 15 is 0 Å². The van der Waals surface area contributed by atoms with E-state index in [1.165, 1.54) is 0 Å². The van der Waals surface area contributed by atoms with Crippen molar-refractivity contribution in [2.24, 2.45) is 0 Å². The monoisotopic (exact) mass is 394 g/mol. The van der Waals surface area contributed by atoms with Gasteiger partial charge in [-0.1, -0.05) is 18.2 Å². The number of ether oxygens (including phenoxy) is 2. The van der Waals surface area contributed by atoms with E-state index in [9.17, 15) is 9.59 Å². The Hall–Kier alpha value is -3.02. The van der Waals surface area contributed by atoms with Crippen LogP contribution in [0.25, 0.3) is 0 Å². The topological polar surface area (TPSA) is 59.1 Å². The van der Waals surface area contributed by atoms with Crippen LogP contribution in [0.15, 0.2) is 36.4 Å². The fraction of sp³-hybridized carbons (Fsp3) is 0.391. The number of anilines is 1. The third-order valence-electron chi connectivity index (χ3n) is 5.85. The number of carbonyl (C=O) groups is 2. The summed E-state index contributed by atoms with van der Waals surface area (Å²) in [7, 11) is 3.22. The summed E-state index contributed by atoms with van der Waals surface area (Å²) >= 11 is 0. The number of hydrogen-bond donors (Lipinski definition) is 0. The van der Waals surface area contributed by atoms with E-state index in [0.29, 0.717) is 24.6 Å². The van der Waals surface area contributed by atoms with Crippen molar-refractivity contribution in [2.45, 2.75) is 38.8 Å². The van der Waals surface area contributed by atoms with Crippen molar-refractivity contribution in [3.8, 4) is 11.5 Å². The van der Waals surface area contributed by atoms with E-state index in [4.69, 9.17) is 9.47 Å². The van der Waals surface area contributed by atoms with Crippen LogP contribution in [-0.4, -0.2) is 43.5 Å². The SMILES string of the molecule is COc1cc2c(cc1OC)CN(C(=O)CC(=O)N1c3ccccc3CC1C)CC2. The maximum absolute atomic E-state index is 12.9. The third-order valence-corrected chi connectivity index (χ3v) is 5.85. The van der Waals surface area contributed by atoms with Crippen molar-refractivity contribution in [1.82, 2.24) is 4.90 Å². The van der Waals surface area contributed by atoms with Gasteiger partial charge in [0, 0.05) is 24.8 Å². The van der Waals surface area contributed by atoms with E-state index in [-0.39, 0.29) is 24.3 Å². The Kier molecular flexibility index (Phi) is 5.18. The van der Waals surface area contributed by atoms with Crippen LogP contribution >= 0.6 is 0 Å². The van der Waals surface area contributed by atoms with Gasteiger partial charge in [0.25, 0.3) is 0 Å². The van der Waals surface area contributed by atoms with Gasteiger partial charge in [0.2, 0.25) is 11.8 Å². The highest BCUT2D eigenvalue weighted by atomic mass is 16.5. The number of nitrogens with zero attached hydrogens (tertiary/aromatic N) is 2. The van der Waals surface area contributed by atoms with Gasteiger partial charge >= 0.3 is 0 Å². The molecule has 6 nitrogen and oxygen atoms in total. The number of fused-ring (bicyclic) bond motifs is 2.